The molecule has 1 atom stereocenters. The van der Waals surface area contributed by atoms with Gasteiger partial charge < -0.3 is 14.7 Å². The SMILES string of the molecule is Cc1ccc(C)c(NC(=O)C(C)Sc2nnc(-c3c[nH]c4ccccc34)o2)c1. The lowest BCUT2D eigenvalue weighted by Gasteiger charge is -2.12. The van der Waals surface area contributed by atoms with Crippen LogP contribution in [-0.4, -0.2) is 26.3 Å². The number of nitrogens with one attached hydrogen (secondary N) is 2. The summed E-state index contributed by atoms with van der Waals surface area (Å²) in [4.78, 5) is 15.8. The van der Waals surface area contributed by atoms with Crippen molar-refractivity contribution in [2.75, 3.05) is 5.32 Å². The molecule has 2 heterocycles. The van der Waals surface area contributed by atoms with Crippen LogP contribution in [0.3, 0.4) is 0 Å². The van der Waals surface area contributed by atoms with Crippen LogP contribution in [0.15, 0.2) is 58.3 Å². The van der Waals surface area contributed by atoms with Crippen molar-refractivity contribution in [3.63, 3.8) is 0 Å². The Kier molecular flexibility index (Phi) is 4.92. The van der Waals surface area contributed by atoms with Crippen LogP contribution in [0, 0.1) is 13.8 Å². The van der Waals surface area contributed by atoms with Crippen LogP contribution in [0.1, 0.15) is 18.1 Å². The number of aryl methyl sites for hydroxylation is 2. The third kappa shape index (κ3) is 3.66. The molecule has 0 fully saturated rings. The highest BCUT2D eigenvalue weighted by Crippen LogP contribution is 2.31. The fourth-order valence-electron chi connectivity index (χ4n) is 2.92. The summed E-state index contributed by atoms with van der Waals surface area (Å²) in [5, 5.41) is 12.2. The van der Waals surface area contributed by atoms with Gasteiger partial charge in [0, 0.05) is 22.8 Å². The quantitative estimate of drug-likeness (QED) is 0.469. The largest absolute Gasteiger partial charge is 0.411 e. The topological polar surface area (TPSA) is 83.8 Å². The van der Waals surface area contributed by atoms with E-state index in [1.54, 1.807) is 0 Å². The Bertz CT molecular complexity index is 1150. The van der Waals surface area contributed by atoms with Crippen molar-refractivity contribution >= 4 is 34.3 Å². The molecular formula is C21H20N4O2S. The molecule has 0 aliphatic carbocycles. The summed E-state index contributed by atoms with van der Waals surface area (Å²) in [6.45, 7) is 5.79. The van der Waals surface area contributed by atoms with Gasteiger partial charge in [0.2, 0.25) is 5.91 Å². The minimum Gasteiger partial charge on any atom is -0.411 e. The predicted octanol–water partition coefficient (Wildman–Crippen LogP) is 4.95. The summed E-state index contributed by atoms with van der Waals surface area (Å²) in [6, 6.07) is 13.9. The molecule has 0 aliphatic heterocycles. The lowest BCUT2D eigenvalue weighted by Crippen LogP contribution is -2.22. The maximum Gasteiger partial charge on any atom is 0.277 e. The number of hydrogen-bond donors (Lipinski definition) is 2. The molecule has 28 heavy (non-hydrogen) atoms. The average molecular weight is 392 g/mol. The molecule has 1 unspecified atom stereocenters. The molecule has 2 aromatic carbocycles. The molecule has 0 saturated heterocycles. The van der Waals surface area contributed by atoms with Crippen LogP contribution in [0.25, 0.3) is 22.4 Å². The molecule has 0 bridgehead atoms. The minimum absolute atomic E-state index is 0.106. The number of H-pyrrole nitrogens is 1. The fraction of sp³-hybridized carbons (Fsp3) is 0.190. The first kappa shape index (κ1) is 18.3. The zero-order valence-corrected chi connectivity index (χ0v) is 16.6. The van der Waals surface area contributed by atoms with Gasteiger partial charge in [-0.15, -0.1) is 10.2 Å². The Morgan fingerprint density at radius 1 is 1.18 bits per heavy atom. The second kappa shape index (κ2) is 7.52. The maximum atomic E-state index is 12.6. The molecule has 2 N–H and O–H groups in total. The van der Waals surface area contributed by atoms with Gasteiger partial charge in [0.1, 0.15) is 0 Å². The van der Waals surface area contributed by atoms with Crippen LogP contribution in [0.5, 0.6) is 0 Å². The molecule has 142 valence electrons. The number of aromatic amines is 1. The molecule has 6 nitrogen and oxygen atoms in total. The number of thioether (sulfide) groups is 1. The first-order valence-electron chi connectivity index (χ1n) is 8.96. The normalized spacial score (nSPS) is 12.2. The minimum atomic E-state index is -0.379. The molecule has 0 spiro atoms. The van der Waals surface area contributed by atoms with Crippen LogP contribution >= 0.6 is 11.8 Å². The van der Waals surface area contributed by atoms with Gasteiger partial charge in [-0.1, -0.05) is 42.1 Å². The van der Waals surface area contributed by atoms with E-state index >= 15 is 0 Å². The number of anilines is 1. The highest BCUT2D eigenvalue weighted by Gasteiger charge is 2.20. The van der Waals surface area contributed by atoms with Crippen molar-refractivity contribution < 1.29 is 9.21 Å². The van der Waals surface area contributed by atoms with E-state index in [1.807, 2.05) is 69.4 Å². The molecule has 4 rings (SSSR count). The molecule has 2 aromatic heterocycles. The monoisotopic (exact) mass is 392 g/mol. The zero-order chi connectivity index (χ0) is 19.7. The number of aromatic nitrogens is 3. The second-order valence-electron chi connectivity index (χ2n) is 6.69. The van der Waals surface area contributed by atoms with E-state index in [9.17, 15) is 4.79 Å². The molecule has 0 saturated carbocycles. The molecule has 0 radical (unpaired) electrons. The maximum absolute atomic E-state index is 12.6. The standard InChI is InChI=1S/C21H20N4O2S/c1-12-8-9-13(2)18(10-12)23-19(26)14(3)28-21-25-24-20(27-21)16-11-22-17-7-5-4-6-15(16)17/h4-11,14,22H,1-3H3,(H,23,26). The predicted molar refractivity (Wildman–Crippen MR) is 111 cm³/mol. The van der Waals surface area contributed by atoms with Gasteiger partial charge in [-0.05, 0) is 44.0 Å². The van der Waals surface area contributed by atoms with Gasteiger partial charge in [-0.2, -0.15) is 0 Å². The van der Waals surface area contributed by atoms with E-state index in [2.05, 4.69) is 20.5 Å². The average Bonchev–Trinajstić information content (AvgIpc) is 3.31. The lowest BCUT2D eigenvalue weighted by molar-refractivity contribution is -0.115. The number of hydrogen-bond acceptors (Lipinski definition) is 5. The van der Waals surface area contributed by atoms with Crippen LogP contribution in [0.2, 0.25) is 0 Å². The highest BCUT2D eigenvalue weighted by atomic mass is 32.2. The molecule has 1 amide bonds. The van der Waals surface area contributed by atoms with E-state index in [1.165, 1.54) is 11.8 Å². The zero-order valence-electron chi connectivity index (χ0n) is 15.8. The van der Waals surface area contributed by atoms with Crippen LogP contribution in [0.4, 0.5) is 5.69 Å². The van der Waals surface area contributed by atoms with E-state index in [-0.39, 0.29) is 11.2 Å². The number of rotatable bonds is 5. The van der Waals surface area contributed by atoms with Gasteiger partial charge in [-0.25, -0.2) is 0 Å². The van der Waals surface area contributed by atoms with E-state index in [0.717, 1.165) is 33.3 Å². The first-order valence-corrected chi connectivity index (χ1v) is 9.84. The van der Waals surface area contributed by atoms with Crippen molar-refractivity contribution in [3.8, 4) is 11.5 Å². The third-order valence-electron chi connectivity index (χ3n) is 4.52. The van der Waals surface area contributed by atoms with Crippen molar-refractivity contribution in [2.45, 2.75) is 31.2 Å². The summed E-state index contributed by atoms with van der Waals surface area (Å²) in [5.74, 6) is 0.327. The number of carbonyl (C=O) groups excluding carboxylic acids is 1. The number of fused-ring (bicyclic) bond motifs is 1. The Morgan fingerprint density at radius 2 is 2.00 bits per heavy atom. The Hall–Kier alpha value is -3.06. The smallest absolute Gasteiger partial charge is 0.277 e. The van der Waals surface area contributed by atoms with Crippen LogP contribution in [-0.2, 0) is 4.79 Å². The van der Waals surface area contributed by atoms with Gasteiger partial charge >= 0.3 is 0 Å². The van der Waals surface area contributed by atoms with Gasteiger partial charge in [0.25, 0.3) is 11.1 Å². The molecular weight excluding hydrogens is 372 g/mol. The molecule has 0 aliphatic rings. The summed E-state index contributed by atoms with van der Waals surface area (Å²) < 4.78 is 5.79. The summed E-state index contributed by atoms with van der Waals surface area (Å²) in [6.07, 6.45) is 1.85. The Labute approximate surface area is 166 Å². The summed E-state index contributed by atoms with van der Waals surface area (Å²) >= 11 is 1.24. The van der Waals surface area contributed by atoms with Gasteiger partial charge in [-0.3, -0.25) is 4.79 Å². The number of carbonyl (C=O) groups is 1. The fourth-order valence-corrected chi connectivity index (χ4v) is 3.61. The number of amides is 1. The highest BCUT2D eigenvalue weighted by molar-refractivity contribution is 8.00. The van der Waals surface area contributed by atoms with Crippen LogP contribution < -0.4 is 5.32 Å². The molecule has 7 heteroatoms. The van der Waals surface area contributed by atoms with E-state index in [0.29, 0.717) is 11.1 Å². The second-order valence-corrected chi connectivity index (χ2v) is 7.98. The lowest BCUT2D eigenvalue weighted by atomic mass is 10.1. The molecule has 4 aromatic rings. The number of nitrogens with zero attached hydrogens (tertiary/aromatic N) is 2. The van der Waals surface area contributed by atoms with Crippen molar-refractivity contribution in [3.05, 3.63) is 59.8 Å². The first-order chi connectivity index (χ1) is 13.5. The van der Waals surface area contributed by atoms with Gasteiger partial charge in [0.05, 0.1) is 10.8 Å². The van der Waals surface area contributed by atoms with Crippen molar-refractivity contribution in [1.29, 1.82) is 0 Å². The Balaban J connectivity index is 1.47. The number of para-hydroxylation sites is 1. The van der Waals surface area contributed by atoms with Crippen molar-refractivity contribution in [1.82, 2.24) is 15.2 Å². The summed E-state index contributed by atoms with van der Waals surface area (Å²) in [7, 11) is 0. The number of benzene rings is 2. The summed E-state index contributed by atoms with van der Waals surface area (Å²) in [5.41, 5.74) is 4.80. The Morgan fingerprint density at radius 3 is 2.86 bits per heavy atom. The van der Waals surface area contributed by atoms with E-state index < -0.39 is 0 Å². The van der Waals surface area contributed by atoms with E-state index in [4.69, 9.17) is 4.42 Å². The van der Waals surface area contributed by atoms with Crippen molar-refractivity contribution in [2.24, 2.45) is 0 Å². The third-order valence-corrected chi connectivity index (χ3v) is 5.46. The van der Waals surface area contributed by atoms with Gasteiger partial charge in [0.15, 0.2) is 0 Å².